The van der Waals surface area contributed by atoms with Crippen LogP contribution in [0, 0.1) is 11.3 Å². The molecule has 0 saturated heterocycles. The summed E-state index contributed by atoms with van der Waals surface area (Å²) in [5.74, 6) is 0. The van der Waals surface area contributed by atoms with Gasteiger partial charge in [-0.05, 0) is 31.9 Å². The molecule has 0 atom stereocenters. The topological polar surface area (TPSA) is 62.1 Å². The van der Waals surface area contributed by atoms with Crippen molar-refractivity contribution >= 4 is 12.2 Å². The molecule has 4 nitrogen and oxygen atoms in total. The summed E-state index contributed by atoms with van der Waals surface area (Å²) in [6, 6.07) is 9.82. The van der Waals surface area contributed by atoms with E-state index < -0.39 is 11.7 Å². The summed E-state index contributed by atoms with van der Waals surface area (Å²) in [7, 11) is 0. The average Bonchev–Trinajstić information content (AvgIpc) is 2.34. The zero-order chi connectivity index (χ0) is 15.0. The molecule has 0 aromatic heterocycles. The number of nitrogens with one attached hydrogen (secondary N) is 1. The van der Waals surface area contributed by atoms with Crippen molar-refractivity contribution in [1.29, 1.82) is 5.26 Å². The fourth-order valence-corrected chi connectivity index (χ4v) is 1.59. The molecule has 1 aromatic carbocycles. The number of nitrogens with zero attached hydrogens (tertiary/aromatic N) is 1. The summed E-state index contributed by atoms with van der Waals surface area (Å²) >= 11 is 0. The van der Waals surface area contributed by atoms with E-state index in [-0.39, 0.29) is 0 Å². The fraction of sp³-hybridized carbons (Fsp3) is 0.375. The van der Waals surface area contributed by atoms with Gasteiger partial charge in [0.1, 0.15) is 5.60 Å². The first-order chi connectivity index (χ1) is 9.42. The van der Waals surface area contributed by atoms with Crippen LogP contribution in [0.2, 0.25) is 0 Å². The minimum absolute atomic E-state index is 0.375. The molecule has 0 fully saturated rings. The molecule has 106 valence electrons. The number of carbonyl (C=O) groups is 1. The lowest BCUT2D eigenvalue weighted by Crippen LogP contribution is -2.32. The van der Waals surface area contributed by atoms with E-state index in [4.69, 9.17) is 10.00 Å². The molecule has 0 aliphatic rings. The van der Waals surface area contributed by atoms with Crippen molar-refractivity contribution in [3.63, 3.8) is 0 Å². The Morgan fingerprint density at radius 3 is 2.75 bits per heavy atom. The van der Waals surface area contributed by atoms with Gasteiger partial charge in [0.2, 0.25) is 0 Å². The highest BCUT2D eigenvalue weighted by molar-refractivity contribution is 5.68. The van der Waals surface area contributed by atoms with Crippen LogP contribution in [0.3, 0.4) is 0 Å². The summed E-state index contributed by atoms with van der Waals surface area (Å²) in [5.41, 5.74) is 1.47. The van der Waals surface area contributed by atoms with Crippen LogP contribution >= 0.6 is 0 Å². The van der Waals surface area contributed by atoms with Gasteiger partial charge in [0.05, 0.1) is 12.5 Å². The Balaban J connectivity index is 2.50. The minimum atomic E-state index is -0.493. The minimum Gasteiger partial charge on any atom is -0.444 e. The predicted octanol–water partition coefficient (Wildman–Crippen LogP) is 3.29. The zero-order valence-electron chi connectivity index (χ0n) is 12.1. The second-order valence-corrected chi connectivity index (χ2v) is 5.32. The Morgan fingerprint density at radius 1 is 1.40 bits per heavy atom. The number of hydrogen-bond acceptors (Lipinski definition) is 3. The van der Waals surface area contributed by atoms with Gasteiger partial charge in [-0.25, -0.2) is 4.79 Å². The molecular weight excluding hydrogens is 252 g/mol. The number of carbonyl (C=O) groups excluding carboxylic acids is 1. The van der Waals surface area contributed by atoms with Crippen LogP contribution in [-0.4, -0.2) is 18.2 Å². The van der Waals surface area contributed by atoms with Gasteiger partial charge in [-0.2, -0.15) is 5.26 Å². The number of benzene rings is 1. The van der Waals surface area contributed by atoms with Crippen molar-refractivity contribution in [2.24, 2.45) is 0 Å². The maximum absolute atomic E-state index is 11.4. The quantitative estimate of drug-likeness (QED) is 0.914. The number of alkyl carbamates (subject to hydrolysis) is 1. The molecule has 20 heavy (non-hydrogen) atoms. The molecule has 1 aromatic rings. The average molecular weight is 272 g/mol. The lowest BCUT2D eigenvalue weighted by molar-refractivity contribution is 0.0534. The summed E-state index contributed by atoms with van der Waals surface area (Å²) < 4.78 is 5.13. The van der Waals surface area contributed by atoms with E-state index in [9.17, 15) is 4.79 Å². The predicted molar refractivity (Wildman–Crippen MR) is 79.0 cm³/mol. The lowest BCUT2D eigenvalue weighted by Gasteiger charge is -2.19. The number of rotatable bonds is 4. The van der Waals surface area contributed by atoms with Gasteiger partial charge < -0.3 is 10.1 Å². The molecule has 0 heterocycles. The Labute approximate surface area is 120 Å². The SMILES string of the molecule is CC(C)(C)OC(=O)NCC=Cc1ccccc1CC#N. The molecule has 0 saturated carbocycles. The second-order valence-electron chi connectivity index (χ2n) is 5.32. The van der Waals surface area contributed by atoms with E-state index in [1.807, 2.05) is 57.2 Å². The number of ether oxygens (including phenoxy) is 1. The number of amides is 1. The van der Waals surface area contributed by atoms with Gasteiger partial charge in [-0.3, -0.25) is 0 Å². The highest BCUT2D eigenvalue weighted by Crippen LogP contribution is 2.11. The molecule has 0 aliphatic carbocycles. The van der Waals surface area contributed by atoms with Crippen molar-refractivity contribution in [3.8, 4) is 6.07 Å². The van der Waals surface area contributed by atoms with Crippen molar-refractivity contribution in [1.82, 2.24) is 5.32 Å². The molecule has 0 bridgehead atoms. The second kappa shape index (κ2) is 7.34. The molecule has 4 heteroatoms. The third-order valence-corrected chi connectivity index (χ3v) is 2.39. The standard InChI is InChI=1S/C16H20N2O2/c1-16(2,3)20-15(19)18-12-6-9-13-7-4-5-8-14(13)10-11-17/h4-9H,10,12H2,1-3H3,(H,18,19). The maximum Gasteiger partial charge on any atom is 0.407 e. The molecule has 0 spiro atoms. The van der Waals surface area contributed by atoms with Crippen LogP contribution in [0.15, 0.2) is 30.3 Å². The Morgan fingerprint density at radius 2 is 2.10 bits per heavy atom. The van der Waals surface area contributed by atoms with E-state index in [0.717, 1.165) is 11.1 Å². The van der Waals surface area contributed by atoms with Crippen LogP contribution in [0.5, 0.6) is 0 Å². The van der Waals surface area contributed by atoms with Crippen molar-refractivity contribution in [2.45, 2.75) is 32.8 Å². The van der Waals surface area contributed by atoms with E-state index in [2.05, 4.69) is 11.4 Å². The summed E-state index contributed by atoms with van der Waals surface area (Å²) in [6.45, 7) is 5.84. The highest BCUT2D eigenvalue weighted by atomic mass is 16.6. The van der Waals surface area contributed by atoms with E-state index in [0.29, 0.717) is 13.0 Å². The molecule has 0 aliphatic heterocycles. The first-order valence-corrected chi connectivity index (χ1v) is 6.50. The normalized spacial score (nSPS) is 11.1. The number of hydrogen-bond donors (Lipinski definition) is 1. The number of nitriles is 1. The van der Waals surface area contributed by atoms with Gasteiger partial charge in [0, 0.05) is 6.54 Å². The first-order valence-electron chi connectivity index (χ1n) is 6.50. The Kier molecular flexibility index (Phi) is 5.79. The highest BCUT2D eigenvalue weighted by Gasteiger charge is 2.14. The van der Waals surface area contributed by atoms with Gasteiger partial charge in [-0.1, -0.05) is 36.4 Å². The van der Waals surface area contributed by atoms with Crippen LogP contribution in [0.25, 0.3) is 6.08 Å². The third kappa shape index (κ3) is 6.05. The molecule has 1 amide bonds. The van der Waals surface area contributed by atoms with Crippen LogP contribution < -0.4 is 5.32 Å². The monoisotopic (exact) mass is 272 g/mol. The molecule has 0 radical (unpaired) electrons. The van der Waals surface area contributed by atoms with Gasteiger partial charge in [0.25, 0.3) is 0 Å². The summed E-state index contributed by atoms with van der Waals surface area (Å²) in [4.78, 5) is 11.4. The summed E-state index contributed by atoms with van der Waals surface area (Å²) in [5, 5.41) is 11.4. The van der Waals surface area contributed by atoms with Crippen molar-refractivity contribution in [3.05, 3.63) is 41.5 Å². The molecule has 1 N–H and O–H groups in total. The van der Waals surface area contributed by atoms with Crippen LogP contribution in [-0.2, 0) is 11.2 Å². The fourth-order valence-electron chi connectivity index (χ4n) is 1.59. The van der Waals surface area contributed by atoms with Gasteiger partial charge >= 0.3 is 6.09 Å². The molecular formula is C16H20N2O2. The van der Waals surface area contributed by atoms with Gasteiger partial charge in [-0.15, -0.1) is 0 Å². The van der Waals surface area contributed by atoms with Gasteiger partial charge in [0.15, 0.2) is 0 Å². The maximum atomic E-state index is 11.4. The molecule has 1 rings (SSSR count). The van der Waals surface area contributed by atoms with E-state index in [1.165, 1.54) is 0 Å². The smallest absolute Gasteiger partial charge is 0.407 e. The van der Waals surface area contributed by atoms with E-state index in [1.54, 1.807) is 0 Å². The zero-order valence-corrected chi connectivity index (χ0v) is 12.1. The third-order valence-electron chi connectivity index (χ3n) is 2.39. The Hall–Kier alpha value is -2.28. The molecule has 0 unspecified atom stereocenters. The van der Waals surface area contributed by atoms with Crippen LogP contribution in [0.4, 0.5) is 4.79 Å². The Bertz CT molecular complexity index is 522. The van der Waals surface area contributed by atoms with Crippen LogP contribution in [0.1, 0.15) is 31.9 Å². The lowest BCUT2D eigenvalue weighted by atomic mass is 10.0. The van der Waals surface area contributed by atoms with E-state index >= 15 is 0 Å². The summed E-state index contributed by atoms with van der Waals surface area (Å²) in [6.07, 6.45) is 3.66. The van der Waals surface area contributed by atoms with Crippen molar-refractivity contribution < 1.29 is 9.53 Å². The van der Waals surface area contributed by atoms with Crippen molar-refractivity contribution in [2.75, 3.05) is 6.54 Å². The largest absolute Gasteiger partial charge is 0.444 e. The first kappa shape index (κ1) is 15.8.